The fourth-order valence-corrected chi connectivity index (χ4v) is 4.96. The zero-order valence-corrected chi connectivity index (χ0v) is 21.6. The number of hydrogen-bond donors (Lipinski definition) is 1. The van der Waals surface area contributed by atoms with E-state index in [0.29, 0.717) is 44.5 Å². The highest BCUT2D eigenvalue weighted by Crippen LogP contribution is 2.39. The first-order chi connectivity index (χ1) is 17.1. The largest absolute Gasteiger partial charge is 0.353 e. The summed E-state index contributed by atoms with van der Waals surface area (Å²) in [6.07, 6.45) is 4.75. The predicted molar refractivity (Wildman–Crippen MR) is 136 cm³/mol. The third kappa shape index (κ3) is 5.75. The number of aryl methyl sites for hydroxylation is 1. The third-order valence-electron chi connectivity index (χ3n) is 6.84. The van der Waals surface area contributed by atoms with Crippen LogP contribution in [0, 0.1) is 12.3 Å². The molecule has 2 saturated heterocycles. The summed E-state index contributed by atoms with van der Waals surface area (Å²) in [5, 5.41) is 2.96. The van der Waals surface area contributed by atoms with Crippen LogP contribution in [-0.2, 0) is 20.9 Å². The highest BCUT2D eigenvalue weighted by Gasteiger charge is 2.54. The Morgan fingerprint density at radius 3 is 2.44 bits per heavy atom. The topological polar surface area (TPSA) is 91.8 Å². The molecule has 1 N–H and O–H groups in total. The van der Waals surface area contributed by atoms with Gasteiger partial charge in [0.15, 0.2) is 0 Å². The van der Waals surface area contributed by atoms with Crippen LogP contribution < -0.4 is 5.32 Å². The molecule has 2 aromatic rings. The Kier molecular flexibility index (Phi) is 7.45. The average Bonchev–Trinajstić information content (AvgIpc) is 3.20. The number of hydrogen-bond acceptors (Lipinski definition) is 5. The SMILES string of the molecule is Cc1cccc(C(=O)N2C(C(=O)NCc3ccncc3)COC23CCN(C(=O)CC(C)(C)C)CC3)c1. The molecular weight excluding hydrogens is 456 g/mol. The lowest BCUT2D eigenvalue weighted by atomic mass is 9.90. The molecule has 2 aliphatic rings. The molecule has 0 aliphatic carbocycles. The first kappa shape index (κ1) is 25.8. The van der Waals surface area contributed by atoms with Crippen LogP contribution in [0.3, 0.4) is 0 Å². The highest BCUT2D eigenvalue weighted by atomic mass is 16.5. The summed E-state index contributed by atoms with van der Waals surface area (Å²) >= 11 is 0. The molecule has 0 radical (unpaired) electrons. The van der Waals surface area contributed by atoms with E-state index < -0.39 is 11.8 Å². The molecule has 2 aliphatic heterocycles. The number of benzene rings is 1. The summed E-state index contributed by atoms with van der Waals surface area (Å²) in [5.41, 5.74) is 1.41. The number of likely N-dealkylation sites (tertiary alicyclic amines) is 1. The molecule has 2 fully saturated rings. The Balaban J connectivity index is 1.54. The van der Waals surface area contributed by atoms with Crippen LogP contribution >= 0.6 is 0 Å². The molecule has 1 aromatic carbocycles. The quantitative estimate of drug-likeness (QED) is 0.692. The van der Waals surface area contributed by atoms with Gasteiger partial charge in [0.1, 0.15) is 11.8 Å². The van der Waals surface area contributed by atoms with Gasteiger partial charge in [0.25, 0.3) is 5.91 Å². The van der Waals surface area contributed by atoms with Gasteiger partial charge >= 0.3 is 0 Å². The van der Waals surface area contributed by atoms with E-state index in [-0.39, 0.29) is 29.7 Å². The van der Waals surface area contributed by atoms with Crippen molar-refractivity contribution in [3.63, 3.8) is 0 Å². The van der Waals surface area contributed by atoms with Crippen LogP contribution in [0.25, 0.3) is 0 Å². The normalized spacial score (nSPS) is 19.4. The molecule has 0 saturated carbocycles. The van der Waals surface area contributed by atoms with Crippen molar-refractivity contribution in [1.82, 2.24) is 20.1 Å². The Labute approximate surface area is 213 Å². The zero-order valence-electron chi connectivity index (χ0n) is 21.6. The molecule has 3 heterocycles. The summed E-state index contributed by atoms with van der Waals surface area (Å²) < 4.78 is 6.28. The van der Waals surface area contributed by atoms with Crippen molar-refractivity contribution in [2.75, 3.05) is 19.7 Å². The maximum absolute atomic E-state index is 13.8. The number of ether oxygens (including phenoxy) is 1. The first-order valence-electron chi connectivity index (χ1n) is 12.6. The Morgan fingerprint density at radius 1 is 1.11 bits per heavy atom. The molecule has 1 spiro atoms. The van der Waals surface area contributed by atoms with Crippen molar-refractivity contribution in [2.24, 2.45) is 5.41 Å². The third-order valence-corrected chi connectivity index (χ3v) is 6.84. The number of amides is 3. The summed E-state index contributed by atoms with van der Waals surface area (Å²) in [5.74, 6) is -0.371. The lowest BCUT2D eigenvalue weighted by molar-refractivity contribution is -0.145. The molecule has 1 unspecified atom stereocenters. The Bertz CT molecular complexity index is 1100. The fraction of sp³-hybridized carbons (Fsp3) is 0.500. The second-order valence-electron chi connectivity index (χ2n) is 11.0. The van der Waals surface area contributed by atoms with Gasteiger partial charge in [-0.25, -0.2) is 0 Å². The first-order valence-corrected chi connectivity index (χ1v) is 12.6. The van der Waals surface area contributed by atoms with Gasteiger partial charge in [-0.05, 0) is 42.2 Å². The van der Waals surface area contributed by atoms with Gasteiger partial charge in [0.05, 0.1) is 6.61 Å². The van der Waals surface area contributed by atoms with Crippen molar-refractivity contribution < 1.29 is 19.1 Å². The van der Waals surface area contributed by atoms with Gasteiger partial charge in [-0.2, -0.15) is 0 Å². The Hall–Kier alpha value is -3.26. The molecular formula is C28H36N4O4. The number of pyridine rings is 1. The lowest BCUT2D eigenvalue weighted by Gasteiger charge is -2.45. The van der Waals surface area contributed by atoms with Gasteiger partial charge in [0, 0.05) is 56.9 Å². The monoisotopic (exact) mass is 492 g/mol. The molecule has 36 heavy (non-hydrogen) atoms. The molecule has 1 atom stereocenters. The molecule has 3 amide bonds. The maximum atomic E-state index is 13.8. The molecule has 192 valence electrons. The zero-order chi connectivity index (χ0) is 25.9. The van der Waals surface area contributed by atoms with Gasteiger partial charge in [-0.15, -0.1) is 0 Å². The van der Waals surface area contributed by atoms with E-state index in [1.165, 1.54) is 0 Å². The molecule has 8 nitrogen and oxygen atoms in total. The van der Waals surface area contributed by atoms with Crippen LogP contribution in [0.4, 0.5) is 0 Å². The number of nitrogens with one attached hydrogen (secondary N) is 1. The molecule has 1 aromatic heterocycles. The van der Waals surface area contributed by atoms with Crippen molar-refractivity contribution in [3.05, 3.63) is 65.5 Å². The molecule has 8 heteroatoms. The van der Waals surface area contributed by atoms with E-state index in [9.17, 15) is 14.4 Å². The number of piperidine rings is 1. The molecule has 0 bridgehead atoms. The van der Waals surface area contributed by atoms with Gasteiger partial charge in [0.2, 0.25) is 11.8 Å². The van der Waals surface area contributed by atoms with Crippen molar-refractivity contribution in [2.45, 2.75) is 65.3 Å². The Morgan fingerprint density at radius 2 is 1.81 bits per heavy atom. The number of rotatable bonds is 5. The second kappa shape index (κ2) is 10.4. The summed E-state index contributed by atoms with van der Waals surface area (Å²) in [7, 11) is 0. The number of aromatic nitrogens is 1. The summed E-state index contributed by atoms with van der Waals surface area (Å²) in [4.78, 5) is 47.5. The van der Waals surface area contributed by atoms with Crippen molar-refractivity contribution >= 4 is 17.7 Å². The van der Waals surface area contributed by atoms with Gasteiger partial charge < -0.3 is 15.0 Å². The van der Waals surface area contributed by atoms with E-state index >= 15 is 0 Å². The van der Waals surface area contributed by atoms with E-state index in [4.69, 9.17) is 4.74 Å². The minimum atomic E-state index is -0.919. The standard InChI is InChI=1S/C28H36N4O4/c1-20-6-5-7-22(16-20)26(35)32-23(25(34)30-18-21-8-12-29-13-9-21)19-36-28(32)10-14-31(15-11-28)24(33)17-27(2,3)4/h5-9,12-13,16,23H,10-11,14-15,17-19H2,1-4H3,(H,30,34). The summed E-state index contributed by atoms with van der Waals surface area (Å²) in [6, 6.07) is 10.3. The lowest BCUT2D eigenvalue weighted by Crippen LogP contribution is -2.59. The minimum Gasteiger partial charge on any atom is -0.353 e. The average molecular weight is 493 g/mol. The van der Waals surface area contributed by atoms with Gasteiger partial charge in [-0.1, -0.05) is 38.5 Å². The van der Waals surface area contributed by atoms with Crippen LogP contribution in [-0.4, -0.2) is 64.0 Å². The number of carbonyl (C=O) groups is 3. The van der Waals surface area contributed by atoms with Crippen LogP contribution in [0.2, 0.25) is 0 Å². The highest BCUT2D eigenvalue weighted by molar-refractivity contribution is 5.98. The minimum absolute atomic E-state index is 0.0960. The molecule has 4 rings (SSSR count). The maximum Gasteiger partial charge on any atom is 0.256 e. The fourth-order valence-electron chi connectivity index (χ4n) is 4.96. The summed E-state index contributed by atoms with van der Waals surface area (Å²) in [6.45, 7) is 9.51. The van der Waals surface area contributed by atoms with E-state index in [2.05, 4.69) is 10.3 Å². The van der Waals surface area contributed by atoms with E-state index in [0.717, 1.165) is 11.1 Å². The second-order valence-corrected chi connectivity index (χ2v) is 11.0. The van der Waals surface area contributed by atoms with Crippen LogP contribution in [0.5, 0.6) is 0 Å². The smallest absolute Gasteiger partial charge is 0.256 e. The number of nitrogens with zero attached hydrogens (tertiary/aromatic N) is 3. The van der Waals surface area contributed by atoms with Crippen LogP contribution in [0.1, 0.15) is 61.5 Å². The predicted octanol–water partition coefficient (Wildman–Crippen LogP) is 3.30. The van der Waals surface area contributed by atoms with E-state index in [1.807, 2.05) is 62.9 Å². The van der Waals surface area contributed by atoms with Crippen LogP contribution in [0.15, 0.2) is 48.8 Å². The number of carbonyl (C=O) groups excluding carboxylic acids is 3. The van der Waals surface area contributed by atoms with Crippen molar-refractivity contribution in [1.29, 1.82) is 0 Å². The van der Waals surface area contributed by atoms with E-state index in [1.54, 1.807) is 23.4 Å². The van der Waals surface area contributed by atoms with Gasteiger partial charge in [-0.3, -0.25) is 24.3 Å². The van der Waals surface area contributed by atoms with Crippen molar-refractivity contribution in [3.8, 4) is 0 Å².